The monoisotopic (exact) mass is 525 g/mol. The van der Waals surface area contributed by atoms with Gasteiger partial charge in [0, 0.05) is 12.1 Å². The Bertz CT molecular complexity index is 1280. The van der Waals surface area contributed by atoms with E-state index in [1.807, 2.05) is 82.3 Å². The molecule has 0 fully saturated rings. The zero-order chi connectivity index (χ0) is 27.9. The first-order valence-corrected chi connectivity index (χ1v) is 13.0. The van der Waals surface area contributed by atoms with Gasteiger partial charge in [0.15, 0.2) is 6.61 Å². The number of hydrogen-bond acceptors (Lipinski definition) is 5. The van der Waals surface area contributed by atoms with E-state index in [4.69, 9.17) is 4.74 Å². The highest BCUT2D eigenvalue weighted by molar-refractivity contribution is 5.95. The molecule has 39 heavy (non-hydrogen) atoms. The minimum atomic E-state index is -0.806. The number of hydrogen-bond donors (Lipinski definition) is 3. The van der Waals surface area contributed by atoms with Crippen molar-refractivity contribution in [1.82, 2.24) is 15.1 Å². The second-order valence-corrected chi connectivity index (χ2v) is 10.2. The van der Waals surface area contributed by atoms with E-state index in [-0.39, 0.29) is 0 Å². The third-order valence-corrected chi connectivity index (χ3v) is 6.15. The number of aryl methyl sites for hydroxylation is 1. The Morgan fingerprint density at radius 3 is 1.74 bits per heavy atom. The second-order valence-electron chi connectivity index (χ2n) is 10.2. The molecule has 0 bridgehead atoms. The molecule has 3 aromatic carbocycles. The fourth-order valence-corrected chi connectivity index (χ4v) is 4.47. The van der Waals surface area contributed by atoms with Crippen LogP contribution in [0.4, 0.5) is 16.3 Å². The van der Waals surface area contributed by atoms with E-state index in [1.54, 1.807) is 10.9 Å². The molecule has 3 N–H and O–H groups in total. The first-order chi connectivity index (χ1) is 18.7. The maximum absolute atomic E-state index is 12.8. The topological polar surface area (TPSA) is 97.3 Å². The van der Waals surface area contributed by atoms with Crippen LogP contribution < -0.4 is 16.0 Å². The summed E-state index contributed by atoms with van der Waals surface area (Å²) in [5.74, 6) is 0.157. The summed E-state index contributed by atoms with van der Waals surface area (Å²) in [7, 11) is 0. The lowest BCUT2D eigenvalue weighted by Crippen LogP contribution is -2.41. The van der Waals surface area contributed by atoms with Crippen LogP contribution in [-0.4, -0.2) is 33.9 Å². The van der Waals surface area contributed by atoms with E-state index in [9.17, 15) is 9.59 Å². The first kappa shape index (κ1) is 27.4. The summed E-state index contributed by atoms with van der Waals surface area (Å²) in [5, 5.41) is 13.8. The van der Waals surface area contributed by atoms with Crippen LogP contribution in [-0.2, 0) is 21.6 Å². The summed E-state index contributed by atoms with van der Waals surface area (Å²) < 4.78 is 6.92. The summed E-state index contributed by atoms with van der Waals surface area (Å²) in [6.07, 6.45) is 0.946. The van der Waals surface area contributed by atoms with Gasteiger partial charge in [-0.15, -0.1) is 0 Å². The maximum Gasteiger partial charge on any atom is 0.408 e. The molecule has 0 saturated heterocycles. The van der Waals surface area contributed by atoms with Crippen molar-refractivity contribution in [3.63, 3.8) is 0 Å². The zero-order valence-electron chi connectivity index (χ0n) is 22.8. The van der Waals surface area contributed by atoms with E-state index < -0.39 is 29.7 Å². The van der Waals surface area contributed by atoms with Gasteiger partial charge in [0.05, 0.1) is 6.20 Å². The molecular weight excluding hydrogens is 490 g/mol. The summed E-state index contributed by atoms with van der Waals surface area (Å²) in [5.41, 5.74) is 2.26. The van der Waals surface area contributed by atoms with Gasteiger partial charge in [-0.05, 0) is 44.4 Å². The number of amides is 2. The van der Waals surface area contributed by atoms with Crippen molar-refractivity contribution in [3.8, 4) is 0 Å². The molecule has 0 radical (unpaired) electrons. The van der Waals surface area contributed by atoms with Crippen molar-refractivity contribution in [2.75, 3.05) is 17.2 Å². The van der Waals surface area contributed by atoms with Crippen molar-refractivity contribution in [2.45, 2.75) is 45.3 Å². The third-order valence-electron chi connectivity index (χ3n) is 6.15. The van der Waals surface area contributed by atoms with Crippen molar-refractivity contribution >= 4 is 23.5 Å². The molecule has 8 heteroatoms. The van der Waals surface area contributed by atoms with E-state index in [0.29, 0.717) is 18.1 Å². The van der Waals surface area contributed by atoms with Gasteiger partial charge in [0.2, 0.25) is 0 Å². The summed E-state index contributed by atoms with van der Waals surface area (Å²) in [4.78, 5) is 24.9. The minimum Gasteiger partial charge on any atom is -0.439 e. The fraction of sp³-hybridized carbons (Fsp3) is 0.258. The van der Waals surface area contributed by atoms with Crippen LogP contribution in [0.2, 0.25) is 0 Å². The molecule has 0 saturated carbocycles. The largest absolute Gasteiger partial charge is 0.439 e. The Morgan fingerprint density at radius 2 is 1.31 bits per heavy atom. The lowest BCUT2D eigenvalue weighted by Gasteiger charge is -2.38. The maximum atomic E-state index is 12.8. The number of carbonyl (C=O) groups excluding carboxylic acids is 2. The van der Waals surface area contributed by atoms with Crippen LogP contribution in [0.5, 0.6) is 0 Å². The standard InChI is InChI=1S/C31H35N5O3/c1-5-36-28(26(21-32-36)33-27(37)22-39-29(38)35-30(2,3)4)34-31(23-15-9-6-10-16-23,24-17-11-7-12-18-24)25-19-13-8-14-20-25/h6-21,34H,5,22H2,1-4H3,(H,33,37)(H,35,38). The van der Waals surface area contributed by atoms with Gasteiger partial charge in [0.25, 0.3) is 5.91 Å². The number of alkyl carbamates (subject to hydrolysis) is 1. The molecule has 2 amide bonds. The number of carbonyl (C=O) groups is 2. The Kier molecular flexibility index (Phi) is 8.34. The molecule has 8 nitrogen and oxygen atoms in total. The SMILES string of the molecule is CCn1ncc(NC(=O)COC(=O)NC(C)(C)C)c1NC(c1ccccc1)(c1ccccc1)c1ccccc1. The predicted molar refractivity (Wildman–Crippen MR) is 154 cm³/mol. The summed E-state index contributed by atoms with van der Waals surface area (Å²) >= 11 is 0. The predicted octanol–water partition coefficient (Wildman–Crippen LogP) is 5.77. The Morgan fingerprint density at radius 1 is 0.821 bits per heavy atom. The molecule has 0 unspecified atom stereocenters. The number of ether oxygens (including phenoxy) is 1. The average molecular weight is 526 g/mol. The molecule has 0 spiro atoms. The van der Waals surface area contributed by atoms with E-state index in [0.717, 1.165) is 16.7 Å². The van der Waals surface area contributed by atoms with E-state index >= 15 is 0 Å². The quantitative estimate of drug-likeness (QED) is 0.241. The van der Waals surface area contributed by atoms with Crippen LogP contribution in [0.25, 0.3) is 0 Å². The first-order valence-electron chi connectivity index (χ1n) is 13.0. The molecule has 4 rings (SSSR count). The van der Waals surface area contributed by atoms with Gasteiger partial charge in [-0.2, -0.15) is 5.10 Å². The van der Waals surface area contributed by atoms with Crippen molar-refractivity contribution in [2.24, 2.45) is 0 Å². The zero-order valence-corrected chi connectivity index (χ0v) is 22.8. The number of anilines is 2. The number of nitrogens with one attached hydrogen (secondary N) is 3. The van der Waals surface area contributed by atoms with Crippen molar-refractivity contribution < 1.29 is 14.3 Å². The molecule has 202 valence electrons. The van der Waals surface area contributed by atoms with Crippen LogP contribution in [0, 0.1) is 0 Å². The van der Waals surface area contributed by atoms with Gasteiger partial charge in [0.1, 0.15) is 17.0 Å². The summed E-state index contributed by atoms with van der Waals surface area (Å²) in [6, 6.07) is 30.5. The number of aromatic nitrogens is 2. The lowest BCUT2D eigenvalue weighted by atomic mass is 9.77. The highest BCUT2D eigenvalue weighted by Gasteiger charge is 2.38. The molecular formula is C31H35N5O3. The minimum absolute atomic E-state index is 0.431. The Labute approximate surface area is 229 Å². The van der Waals surface area contributed by atoms with Crippen molar-refractivity contribution in [3.05, 3.63) is 114 Å². The summed E-state index contributed by atoms with van der Waals surface area (Å²) in [6.45, 7) is 7.63. The Balaban J connectivity index is 1.74. The molecule has 1 heterocycles. The van der Waals surface area contributed by atoms with Crippen molar-refractivity contribution in [1.29, 1.82) is 0 Å². The van der Waals surface area contributed by atoms with Crippen LogP contribution in [0.1, 0.15) is 44.4 Å². The molecule has 0 aliphatic heterocycles. The van der Waals surface area contributed by atoms with Gasteiger partial charge >= 0.3 is 6.09 Å². The number of rotatable bonds is 9. The van der Waals surface area contributed by atoms with Gasteiger partial charge in [-0.3, -0.25) is 4.79 Å². The van der Waals surface area contributed by atoms with Crippen LogP contribution >= 0.6 is 0 Å². The van der Waals surface area contributed by atoms with Crippen LogP contribution in [0.3, 0.4) is 0 Å². The number of nitrogens with zero attached hydrogens (tertiary/aromatic N) is 2. The highest BCUT2D eigenvalue weighted by Crippen LogP contribution is 2.41. The molecule has 0 atom stereocenters. The number of benzene rings is 3. The third kappa shape index (κ3) is 6.46. The second kappa shape index (κ2) is 11.9. The van der Waals surface area contributed by atoms with Crippen LogP contribution in [0.15, 0.2) is 97.2 Å². The smallest absolute Gasteiger partial charge is 0.408 e. The fourth-order valence-electron chi connectivity index (χ4n) is 4.47. The molecule has 0 aliphatic carbocycles. The van der Waals surface area contributed by atoms with Gasteiger partial charge < -0.3 is 20.7 Å². The highest BCUT2D eigenvalue weighted by atomic mass is 16.6. The Hall–Kier alpha value is -4.59. The normalized spacial score (nSPS) is 11.5. The average Bonchev–Trinajstić information content (AvgIpc) is 3.31. The lowest BCUT2D eigenvalue weighted by molar-refractivity contribution is -0.119. The van der Waals surface area contributed by atoms with Gasteiger partial charge in [-0.1, -0.05) is 91.0 Å². The molecule has 1 aromatic heterocycles. The van der Waals surface area contributed by atoms with E-state index in [2.05, 4.69) is 57.4 Å². The van der Waals surface area contributed by atoms with Gasteiger partial charge in [-0.25, -0.2) is 9.48 Å². The van der Waals surface area contributed by atoms with E-state index in [1.165, 1.54) is 0 Å². The molecule has 4 aromatic rings. The molecule has 0 aliphatic rings.